The number of benzene rings is 1. The zero-order valence-corrected chi connectivity index (χ0v) is 16.1. The molecular formula is C21H31N3. The highest BCUT2D eigenvalue weighted by molar-refractivity contribution is 5.35. The van der Waals surface area contributed by atoms with Gasteiger partial charge in [-0.2, -0.15) is 0 Å². The first-order valence-electron chi connectivity index (χ1n) is 9.18. The molecule has 1 aliphatic rings. The van der Waals surface area contributed by atoms with E-state index >= 15 is 0 Å². The lowest BCUT2D eigenvalue weighted by molar-refractivity contribution is 0.335. The summed E-state index contributed by atoms with van der Waals surface area (Å²) in [6.45, 7) is 13.5. The maximum atomic E-state index is 4.48. The van der Waals surface area contributed by atoms with Crippen LogP contribution in [0.4, 0.5) is 0 Å². The number of hydrogen-bond acceptors (Lipinski definition) is 2. The molecule has 1 heterocycles. The first-order chi connectivity index (χ1) is 11.1. The van der Waals surface area contributed by atoms with E-state index in [1.807, 2.05) is 0 Å². The number of aromatic nitrogens is 3. The average Bonchev–Trinajstić information content (AvgIpc) is 2.82. The summed E-state index contributed by atoms with van der Waals surface area (Å²) in [7, 11) is 0. The van der Waals surface area contributed by atoms with E-state index in [1.165, 1.54) is 28.1 Å². The highest BCUT2D eigenvalue weighted by atomic mass is 15.5. The number of hydrogen-bond donors (Lipinski definition) is 0. The first-order valence-corrected chi connectivity index (χ1v) is 9.18. The Balaban J connectivity index is 1.89. The van der Waals surface area contributed by atoms with Gasteiger partial charge in [-0.15, -0.1) is 5.10 Å². The third-order valence-electron chi connectivity index (χ3n) is 4.75. The van der Waals surface area contributed by atoms with Crippen LogP contribution in [0.25, 0.3) is 0 Å². The summed E-state index contributed by atoms with van der Waals surface area (Å²) in [6, 6.07) is 7.10. The van der Waals surface area contributed by atoms with Gasteiger partial charge in [-0.1, -0.05) is 44.2 Å². The van der Waals surface area contributed by atoms with Gasteiger partial charge >= 0.3 is 0 Å². The standard InChI is InChI=1S/C21H31N3/c1-20(2,3)14-15-7-8-16-9-11-18-19(12-10-17(16)13-15)24(23-22-18)21(4,5)6/h7-8,13H,9-12,14H2,1-6H3. The van der Waals surface area contributed by atoms with Gasteiger partial charge in [0.15, 0.2) is 0 Å². The van der Waals surface area contributed by atoms with Gasteiger partial charge < -0.3 is 0 Å². The Morgan fingerprint density at radius 2 is 1.62 bits per heavy atom. The van der Waals surface area contributed by atoms with Crippen LogP contribution in [0.5, 0.6) is 0 Å². The van der Waals surface area contributed by atoms with Gasteiger partial charge in [-0.3, -0.25) is 0 Å². The minimum atomic E-state index is -0.00328. The number of rotatable bonds is 1. The Labute approximate surface area is 146 Å². The van der Waals surface area contributed by atoms with Crippen molar-refractivity contribution in [1.82, 2.24) is 15.0 Å². The molecule has 0 saturated carbocycles. The van der Waals surface area contributed by atoms with Crippen molar-refractivity contribution < 1.29 is 0 Å². The number of aryl methyl sites for hydroxylation is 3. The van der Waals surface area contributed by atoms with Crippen LogP contribution in [-0.2, 0) is 37.6 Å². The third-order valence-corrected chi connectivity index (χ3v) is 4.75. The normalized spacial score (nSPS) is 15.4. The van der Waals surface area contributed by atoms with E-state index in [1.54, 1.807) is 0 Å². The van der Waals surface area contributed by atoms with Gasteiger partial charge in [0.1, 0.15) is 0 Å². The van der Waals surface area contributed by atoms with E-state index in [0.29, 0.717) is 5.41 Å². The predicted molar refractivity (Wildman–Crippen MR) is 99.4 cm³/mol. The van der Waals surface area contributed by atoms with Crippen LogP contribution in [-0.4, -0.2) is 15.0 Å². The van der Waals surface area contributed by atoms with E-state index < -0.39 is 0 Å². The van der Waals surface area contributed by atoms with E-state index in [2.05, 4.69) is 74.7 Å². The number of nitrogens with zero attached hydrogens (tertiary/aromatic N) is 3. The van der Waals surface area contributed by atoms with Gasteiger partial charge in [-0.05, 0) is 75.0 Å². The fraction of sp³-hybridized carbons (Fsp3) is 0.619. The van der Waals surface area contributed by atoms with Crippen LogP contribution in [0.15, 0.2) is 18.2 Å². The highest BCUT2D eigenvalue weighted by Crippen LogP contribution is 2.27. The molecule has 0 amide bonds. The summed E-state index contributed by atoms with van der Waals surface area (Å²) < 4.78 is 2.13. The largest absolute Gasteiger partial charge is 0.244 e. The maximum absolute atomic E-state index is 4.48. The summed E-state index contributed by atoms with van der Waals surface area (Å²) >= 11 is 0. The average molecular weight is 326 g/mol. The minimum absolute atomic E-state index is 0.00328. The quantitative estimate of drug-likeness (QED) is 0.772. The second-order valence-electron chi connectivity index (χ2n) is 9.41. The molecule has 0 atom stereocenters. The monoisotopic (exact) mass is 325 g/mol. The SMILES string of the molecule is CC(C)(C)Cc1ccc2c(c1)CCc1c(nnn1C(C)(C)C)CC2. The van der Waals surface area contributed by atoms with Crippen LogP contribution in [0.3, 0.4) is 0 Å². The van der Waals surface area contributed by atoms with Crippen LogP contribution >= 0.6 is 0 Å². The van der Waals surface area contributed by atoms with Crippen LogP contribution < -0.4 is 0 Å². The molecule has 3 nitrogen and oxygen atoms in total. The van der Waals surface area contributed by atoms with E-state index in [4.69, 9.17) is 0 Å². The van der Waals surface area contributed by atoms with E-state index in [9.17, 15) is 0 Å². The van der Waals surface area contributed by atoms with Gasteiger partial charge in [0.05, 0.1) is 16.9 Å². The molecule has 130 valence electrons. The smallest absolute Gasteiger partial charge is 0.0862 e. The molecule has 24 heavy (non-hydrogen) atoms. The molecule has 0 radical (unpaired) electrons. The van der Waals surface area contributed by atoms with Crippen LogP contribution in [0.2, 0.25) is 0 Å². The van der Waals surface area contributed by atoms with Gasteiger partial charge in [-0.25, -0.2) is 4.68 Å². The molecule has 0 N–H and O–H groups in total. The molecule has 1 aromatic carbocycles. The van der Waals surface area contributed by atoms with Gasteiger partial charge in [0.25, 0.3) is 0 Å². The zero-order chi connectivity index (χ0) is 17.5. The predicted octanol–water partition coefficient (Wildman–Crippen LogP) is 4.51. The first kappa shape index (κ1) is 17.2. The Kier molecular flexibility index (Phi) is 4.31. The Bertz CT molecular complexity index is 727. The fourth-order valence-electron chi connectivity index (χ4n) is 3.70. The van der Waals surface area contributed by atoms with Crippen molar-refractivity contribution in [2.24, 2.45) is 5.41 Å². The molecule has 0 bridgehead atoms. The van der Waals surface area contributed by atoms with E-state index in [0.717, 1.165) is 32.1 Å². The maximum Gasteiger partial charge on any atom is 0.0862 e. The Hall–Kier alpha value is -1.64. The highest BCUT2D eigenvalue weighted by Gasteiger charge is 2.24. The molecule has 0 saturated heterocycles. The molecule has 1 aliphatic carbocycles. The third kappa shape index (κ3) is 3.71. The second kappa shape index (κ2) is 6.02. The molecule has 0 unspecified atom stereocenters. The zero-order valence-electron chi connectivity index (χ0n) is 16.1. The van der Waals surface area contributed by atoms with Gasteiger partial charge in [0.2, 0.25) is 0 Å². The van der Waals surface area contributed by atoms with Crippen molar-refractivity contribution in [3.8, 4) is 0 Å². The van der Waals surface area contributed by atoms with Crippen molar-refractivity contribution in [1.29, 1.82) is 0 Å². The topological polar surface area (TPSA) is 30.7 Å². The molecule has 3 heteroatoms. The molecule has 1 aromatic heterocycles. The van der Waals surface area contributed by atoms with E-state index in [-0.39, 0.29) is 5.54 Å². The Morgan fingerprint density at radius 1 is 0.917 bits per heavy atom. The summed E-state index contributed by atoms with van der Waals surface area (Å²) in [5.41, 5.74) is 7.31. The second-order valence-corrected chi connectivity index (χ2v) is 9.41. The van der Waals surface area contributed by atoms with Crippen molar-refractivity contribution >= 4 is 0 Å². The molecule has 0 spiro atoms. The lowest BCUT2D eigenvalue weighted by atomic mass is 9.85. The van der Waals surface area contributed by atoms with Crippen LogP contribution in [0.1, 0.15) is 69.6 Å². The summed E-state index contributed by atoms with van der Waals surface area (Å²) in [5, 5.41) is 8.92. The number of fused-ring (bicyclic) bond motifs is 2. The van der Waals surface area contributed by atoms with Crippen LogP contribution in [0, 0.1) is 5.41 Å². The molecule has 3 rings (SSSR count). The minimum Gasteiger partial charge on any atom is -0.244 e. The Morgan fingerprint density at radius 3 is 2.29 bits per heavy atom. The van der Waals surface area contributed by atoms with Crippen molar-refractivity contribution in [3.05, 3.63) is 46.3 Å². The summed E-state index contributed by atoms with van der Waals surface area (Å²) in [4.78, 5) is 0. The fourth-order valence-corrected chi connectivity index (χ4v) is 3.70. The van der Waals surface area contributed by atoms with Crippen molar-refractivity contribution in [3.63, 3.8) is 0 Å². The molecule has 2 aromatic rings. The summed E-state index contributed by atoms with van der Waals surface area (Å²) in [6.07, 6.45) is 5.32. The molecule has 0 fully saturated rings. The lowest BCUT2D eigenvalue weighted by Gasteiger charge is -2.23. The molecule has 0 aliphatic heterocycles. The lowest BCUT2D eigenvalue weighted by Crippen LogP contribution is -2.26. The molecular weight excluding hydrogens is 294 g/mol. The van der Waals surface area contributed by atoms with Gasteiger partial charge in [0, 0.05) is 0 Å². The summed E-state index contributed by atoms with van der Waals surface area (Å²) in [5.74, 6) is 0. The van der Waals surface area contributed by atoms with Crippen molar-refractivity contribution in [2.75, 3.05) is 0 Å². The van der Waals surface area contributed by atoms with Crippen molar-refractivity contribution in [2.45, 2.75) is 79.2 Å².